The number of rotatable bonds is 5. The molecule has 6 nitrogen and oxygen atoms in total. The predicted octanol–water partition coefficient (Wildman–Crippen LogP) is 6.47. The highest BCUT2D eigenvalue weighted by Gasteiger charge is 2.34. The lowest BCUT2D eigenvalue weighted by molar-refractivity contribution is -0.137. The van der Waals surface area contributed by atoms with E-state index in [9.17, 15) is 31.5 Å². The van der Waals surface area contributed by atoms with Gasteiger partial charge in [-0.3, -0.25) is 14.6 Å². The zero-order valence-corrected chi connectivity index (χ0v) is 21.5. The summed E-state index contributed by atoms with van der Waals surface area (Å²) in [5.74, 6) is -7.57. The maximum Gasteiger partial charge on any atom is 0.417 e. The smallest absolute Gasteiger partial charge is 0.378 e. The maximum atomic E-state index is 15.4. The standard InChI is InChI=1S/C28H18ClF6N3O3/c29-17-4-1-15(10-16(17)28(33,34)35)27(40)38-21-11-18(30)24(31)23(25(21)32)26(39)14-3-5-19-13(9-14)2-6-20(37-19)22-12-41-8-7-36-22/h1-6,9-11,22,36H,7-8,12H2,(H,38,40). The fourth-order valence-corrected chi connectivity index (χ4v) is 4.57. The van der Waals surface area contributed by atoms with Crippen LogP contribution in [0, 0.1) is 17.5 Å². The van der Waals surface area contributed by atoms with E-state index in [-0.39, 0.29) is 17.7 Å². The van der Waals surface area contributed by atoms with E-state index in [4.69, 9.17) is 16.3 Å². The summed E-state index contributed by atoms with van der Waals surface area (Å²) >= 11 is 5.55. The van der Waals surface area contributed by atoms with Crippen LogP contribution in [0.3, 0.4) is 0 Å². The second kappa shape index (κ2) is 11.1. The normalized spacial score (nSPS) is 15.6. The lowest BCUT2D eigenvalue weighted by Crippen LogP contribution is -2.35. The Morgan fingerprint density at radius 2 is 1.73 bits per heavy atom. The minimum atomic E-state index is -4.89. The number of carbonyl (C=O) groups is 2. The molecule has 1 saturated heterocycles. The first-order chi connectivity index (χ1) is 19.4. The van der Waals surface area contributed by atoms with Crippen molar-refractivity contribution in [2.75, 3.05) is 25.1 Å². The molecule has 212 valence electrons. The number of pyridine rings is 1. The number of aromatic nitrogens is 1. The van der Waals surface area contributed by atoms with Gasteiger partial charge in [-0.1, -0.05) is 17.7 Å². The first-order valence-corrected chi connectivity index (χ1v) is 12.4. The van der Waals surface area contributed by atoms with Crippen molar-refractivity contribution in [1.82, 2.24) is 10.3 Å². The quantitative estimate of drug-likeness (QED) is 0.158. The molecule has 5 rings (SSSR count). The van der Waals surface area contributed by atoms with Gasteiger partial charge in [0, 0.05) is 29.1 Å². The molecule has 0 bridgehead atoms. The number of ether oxygens (including phenoxy) is 1. The number of hydrogen-bond acceptors (Lipinski definition) is 5. The van der Waals surface area contributed by atoms with Crippen LogP contribution in [0.25, 0.3) is 10.9 Å². The van der Waals surface area contributed by atoms with E-state index in [1.807, 2.05) is 5.32 Å². The van der Waals surface area contributed by atoms with Crippen LogP contribution in [0.4, 0.5) is 32.0 Å². The number of alkyl halides is 3. The molecule has 2 N–H and O–H groups in total. The van der Waals surface area contributed by atoms with E-state index in [0.29, 0.717) is 42.4 Å². The highest BCUT2D eigenvalue weighted by Crippen LogP contribution is 2.35. The van der Waals surface area contributed by atoms with Crippen LogP contribution in [0.2, 0.25) is 5.02 Å². The zero-order valence-electron chi connectivity index (χ0n) is 20.7. The van der Waals surface area contributed by atoms with Gasteiger partial charge in [-0.15, -0.1) is 0 Å². The second-order valence-corrected chi connectivity index (χ2v) is 9.52. The summed E-state index contributed by atoms with van der Waals surface area (Å²) in [6, 6.07) is 9.75. The number of amides is 1. The van der Waals surface area contributed by atoms with Gasteiger partial charge in [0.1, 0.15) is 0 Å². The fraction of sp³-hybridized carbons (Fsp3) is 0.179. The first-order valence-electron chi connectivity index (χ1n) is 12.1. The molecule has 1 aliphatic heterocycles. The Bertz CT molecular complexity index is 1690. The molecule has 0 saturated carbocycles. The summed E-state index contributed by atoms with van der Waals surface area (Å²) in [6.07, 6.45) is -4.89. The fourth-order valence-electron chi connectivity index (χ4n) is 4.35. The van der Waals surface area contributed by atoms with Gasteiger partial charge in [0.05, 0.1) is 52.3 Å². The van der Waals surface area contributed by atoms with Gasteiger partial charge in [0.2, 0.25) is 0 Å². The minimum Gasteiger partial charge on any atom is -0.378 e. The molecule has 13 heteroatoms. The molecular weight excluding hydrogens is 576 g/mol. The average molecular weight is 594 g/mol. The first kappa shape index (κ1) is 28.5. The van der Waals surface area contributed by atoms with Gasteiger partial charge < -0.3 is 15.4 Å². The summed E-state index contributed by atoms with van der Waals surface area (Å²) in [7, 11) is 0. The van der Waals surface area contributed by atoms with Crippen molar-refractivity contribution < 1.29 is 40.7 Å². The SMILES string of the molecule is O=C(Nc1cc(F)c(F)c(C(=O)c2ccc3nc(C4COCCN4)ccc3c2)c1F)c1ccc(Cl)c(C(F)(F)F)c1. The summed E-state index contributed by atoms with van der Waals surface area (Å²) < 4.78 is 89.5. The molecule has 4 aromatic rings. The van der Waals surface area contributed by atoms with Crippen molar-refractivity contribution >= 4 is 39.9 Å². The third-order valence-electron chi connectivity index (χ3n) is 6.42. The van der Waals surface area contributed by atoms with Crippen molar-refractivity contribution in [3.05, 3.63) is 105 Å². The summed E-state index contributed by atoms with van der Waals surface area (Å²) in [4.78, 5) is 30.3. The number of hydrogen-bond donors (Lipinski definition) is 2. The van der Waals surface area contributed by atoms with Crippen molar-refractivity contribution in [3.8, 4) is 0 Å². The van der Waals surface area contributed by atoms with Crippen molar-refractivity contribution in [2.24, 2.45) is 0 Å². The average Bonchev–Trinajstić information content (AvgIpc) is 2.95. The number of ketones is 1. The lowest BCUT2D eigenvalue weighted by atomic mass is 9.99. The second-order valence-electron chi connectivity index (χ2n) is 9.11. The largest absolute Gasteiger partial charge is 0.417 e. The Hall–Kier alpha value is -4.00. The van der Waals surface area contributed by atoms with Crippen LogP contribution in [-0.4, -0.2) is 36.4 Å². The van der Waals surface area contributed by atoms with Crippen LogP contribution >= 0.6 is 11.6 Å². The van der Waals surface area contributed by atoms with E-state index < -0.39 is 62.7 Å². The van der Waals surface area contributed by atoms with Crippen LogP contribution in [0.5, 0.6) is 0 Å². The van der Waals surface area contributed by atoms with Gasteiger partial charge in [-0.05, 0) is 42.5 Å². The minimum absolute atomic E-state index is 0.133. The van der Waals surface area contributed by atoms with Gasteiger partial charge in [0.15, 0.2) is 23.2 Å². The van der Waals surface area contributed by atoms with Crippen LogP contribution in [-0.2, 0) is 10.9 Å². The highest BCUT2D eigenvalue weighted by atomic mass is 35.5. The monoisotopic (exact) mass is 593 g/mol. The van der Waals surface area contributed by atoms with E-state index in [1.165, 1.54) is 18.2 Å². The molecule has 3 aromatic carbocycles. The van der Waals surface area contributed by atoms with Crippen molar-refractivity contribution in [2.45, 2.75) is 12.2 Å². The lowest BCUT2D eigenvalue weighted by Gasteiger charge is -2.23. The van der Waals surface area contributed by atoms with E-state index in [2.05, 4.69) is 10.3 Å². The number of nitrogens with one attached hydrogen (secondary N) is 2. The molecule has 2 heterocycles. The van der Waals surface area contributed by atoms with Gasteiger partial charge >= 0.3 is 6.18 Å². The highest BCUT2D eigenvalue weighted by molar-refractivity contribution is 6.31. The van der Waals surface area contributed by atoms with Gasteiger partial charge in [0.25, 0.3) is 5.91 Å². The molecular formula is C28H18ClF6N3O3. The Morgan fingerprint density at radius 1 is 0.976 bits per heavy atom. The molecule has 41 heavy (non-hydrogen) atoms. The third-order valence-corrected chi connectivity index (χ3v) is 6.75. The van der Waals surface area contributed by atoms with Crippen LogP contribution in [0.1, 0.15) is 43.6 Å². The zero-order chi connectivity index (χ0) is 29.5. The van der Waals surface area contributed by atoms with Crippen molar-refractivity contribution in [3.63, 3.8) is 0 Å². The van der Waals surface area contributed by atoms with Gasteiger partial charge in [-0.25, -0.2) is 13.2 Å². The molecule has 1 atom stereocenters. The Morgan fingerprint density at radius 3 is 2.44 bits per heavy atom. The number of morpholine rings is 1. The number of nitrogens with zero attached hydrogens (tertiary/aromatic N) is 1. The molecule has 1 unspecified atom stereocenters. The Kier molecular flexibility index (Phi) is 7.73. The summed E-state index contributed by atoms with van der Waals surface area (Å²) in [5.41, 5.74) is -3.17. The molecule has 0 aliphatic carbocycles. The molecule has 1 amide bonds. The van der Waals surface area contributed by atoms with Crippen LogP contribution < -0.4 is 10.6 Å². The van der Waals surface area contributed by atoms with Crippen molar-refractivity contribution in [1.29, 1.82) is 0 Å². The Labute approximate surface area is 233 Å². The third kappa shape index (κ3) is 5.76. The number of benzene rings is 3. The van der Waals surface area contributed by atoms with Gasteiger partial charge in [-0.2, -0.15) is 13.2 Å². The molecule has 1 fully saturated rings. The molecule has 1 aliphatic rings. The summed E-state index contributed by atoms with van der Waals surface area (Å²) in [5, 5.41) is 4.95. The number of anilines is 1. The molecule has 0 spiro atoms. The summed E-state index contributed by atoms with van der Waals surface area (Å²) in [6.45, 7) is 1.65. The van der Waals surface area contributed by atoms with E-state index in [0.717, 1.165) is 12.1 Å². The number of fused-ring (bicyclic) bond motifs is 1. The molecule has 1 aromatic heterocycles. The topological polar surface area (TPSA) is 80.3 Å². The van der Waals surface area contributed by atoms with E-state index in [1.54, 1.807) is 12.1 Å². The van der Waals surface area contributed by atoms with Crippen LogP contribution in [0.15, 0.2) is 54.6 Å². The maximum absolute atomic E-state index is 15.4. The predicted molar refractivity (Wildman–Crippen MR) is 137 cm³/mol. The Balaban J connectivity index is 1.45. The van der Waals surface area contributed by atoms with E-state index >= 15 is 4.39 Å². The number of halogens is 7. The molecule has 0 radical (unpaired) electrons. The number of carbonyl (C=O) groups excluding carboxylic acids is 2.